The molecule has 4 saturated heterocycles. The van der Waals surface area contributed by atoms with Crippen LogP contribution in [0.5, 0.6) is 5.75 Å². The Kier molecular flexibility index (Phi) is 6.17. The van der Waals surface area contributed by atoms with Crippen LogP contribution in [-0.2, 0) is 9.47 Å². The van der Waals surface area contributed by atoms with E-state index in [1.54, 1.807) is 6.07 Å². The summed E-state index contributed by atoms with van der Waals surface area (Å²) in [6, 6.07) is 6.03. The van der Waals surface area contributed by atoms with Gasteiger partial charge in [0.05, 0.1) is 26.3 Å². The van der Waals surface area contributed by atoms with Crippen LogP contribution in [-0.4, -0.2) is 79.3 Å². The van der Waals surface area contributed by atoms with Crippen molar-refractivity contribution < 1.29 is 23.0 Å². The zero-order chi connectivity index (χ0) is 23.0. The first-order valence-corrected chi connectivity index (χ1v) is 12.6. The molecule has 4 aliphatic heterocycles. The number of ether oxygens (including phenoxy) is 3. The standard InChI is InChI=1S/C25H33FN4O4/c26-20-1-2-23(32-13-18-5-9-31-10-6-18)22(11-20)19-3-7-29(8-4-19)21-12-25(34-14-21)15-30(16-25)24-28-27-17-33-24/h1-2,11,17-19,21H,3-10,12-16H2/t21-/m0/s1. The highest BCUT2D eigenvalue weighted by molar-refractivity contribution is 5.37. The summed E-state index contributed by atoms with van der Waals surface area (Å²) in [5, 5.41) is 7.75. The number of anilines is 1. The second-order valence-corrected chi connectivity index (χ2v) is 10.3. The maximum absolute atomic E-state index is 14.2. The summed E-state index contributed by atoms with van der Waals surface area (Å²) in [4.78, 5) is 4.63. The molecular weight excluding hydrogens is 439 g/mol. The summed E-state index contributed by atoms with van der Waals surface area (Å²) in [6.45, 7) is 6.67. The largest absolute Gasteiger partial charge is 0.493 e. The highest BCUT2D eigenvalue weighted by Gasteiger charge is 2.52. The first-order valence-electron chi connectivity index (χ1n) is 12.6. The van der Waals surface area contributed by atoms with E-state index in [-0.39, 0.29) is 11.4 Å². The fourth-order valence-corrected chi connectivity index (χ4v) is 6.03. The summed E-state index contributed by atoms with van der Waals surface area (Å²) in [5.74, 6) is 1.51. The fraction of sp³-hybridized carbons (Fsp3) is 0.680. The number of nitrogens with zero attached hydrogens (tertiary/aromatic N) is 4. The van der Waals surface area contributed by atoms with Crippen molar-refractivity contribution in [2.45, 2.75) is 49.7 Å². The van der Waals surface area contributed by atoms with Crippen molar-refractivity contribution in [3.05, 3.63) is 36.0 Å². The van der Waals surface area contributed by atoms with Crippen LogP contribution in [0, 0.1) is 11.7 Å². The van der Waals surface area contributed by atoms with Gasteiger partial charge in [-0.1, -0.05) is 5.10 Å². The van der Waals surface area contributed by atoms with Gasteiger partial charge >= 0.3 is 6.01 Å². The average Bonchev–Trinajstić information content (AvgIpc) is 3.54. The van der Waals surface area contributed by atoms with Crippen LogP contribution in [0.4, 0.5) is 10.4 Å². The van der Waals surface area contributed by atoms with Gasteiger partial charge in [0.1, 0.15) is 17.2 Å². The molecule has 0 unspecified atom stereocenters. The lowest BCUT2D eigenvalue weighted by atomic mass is 9.86. The van der Waals surface area contributed by atoms with Gasteiger partial charge in [0.25, 0.3) is 0 Å². The topological polar surface area (TPSA) is 73.1 Å². The van der Waals surface area contributed by atoms with Crippen LogP contribution in [0.15, 0.2) is 29.0 Å². The van der Waals surface area contributed by atoms with Crippen LogP contribution >= 0.6 is 0 Å². The van der Waals surface area contributed by atoms with Crippen molar-refractivity contribution in [3.63, 3.8) is 0 Å². The molecule has 9 heteroatoms. The maximum Gasteiger partial charge on any atom is 0.318 e. The maximum atomic E-state index is 14.2. The highest BCUT2D eigenvalue weighted by atomic mass is 19.1. The van der Waals surface area contributed by atoms with E-state index >= 15 is 0 Å². The van der Waals surface area contributed by atoms with Crippen molar-refractivity contribution in [1.29, 1.82) is 0 Å². The van der Waals surface area contributed by atoms with Gasteiger partial charge in [-0.05, 0) is 75.2 Å². The summed E-state index contributed by atoms with van der Waals surface area (Å²) in [5.41, 5.74) is 0.934. The Morgan fingerprint density at radius 1 is 1.12 bits per heavy atom. The van der Waals surface area contributed by atoms with Crippen LogP contribution in [0.2, 0.25) is 0 Å². The van der Waals surface area contributed by atoms with Crippen molar-refractivity contribution >= 4 is 6.01 Å². The van der Waals surface area contributed by atoms with E-state index in [4.69, 9.17) is 18.6 Å². The molecule has 0 N–H and O–H groups in total. The Labute approximate surface area is 199 Å². The number of hydrogen-bond acceptors (Lipinski definition) is 8. The number of aromatic nitrogens is 2. The number of benzene rings is 1. The van der Waals surface area contributed by atoms with Crippen molar-refractivity contribution in [2.24, 2.45) is 5.92 Å². The van der Waals surface area contributed by atoms with Crippen LogP contribution < -0.4 is 9.64 Å². The third kappa shape index (κ3) is 4.53. The Bertz CT molecular complexity index is 954. The average molecular weight is 473 g/mol. The lowest BCUT2D eigenvalue weighted by Crippen LogP contribution is -2.62. The first kappa shape index (κ1) is 22.2. The Morgan fingerprint density at radius 2 is 1.94 bits per heavy atom. The molecule has 1 atom stereocenters. The second kappa shape index (κ2) is 9.43. The second-order valence-electron chi connectivity index (χ2n) is 10.3. The minimum atomic E-state index is -0.183. The predicted molar refractivity (Wildman–Crippen MR) is 123 cm³/mol. The van der Waals surface area contributed by atoms with Gasteiger partial charge in [0.2, 0.25) is 6.39 Å². The molecule has 1 aromatic heterocycles. The van der Waals surface area contributed by atoms with E-state index < -0.39 is 0 Å². The van der Waals surface area contributed by atoms with Gasteiger partial charge in [-0.2, -0.15) is 0 Å². The van der Waals surface area contributed by atoms with E-state index in [0.29, 0.717) is 30.5 Å². The van der Waals surface area contributed by atoms with Crippen LogP contribution in [0.25, 0.3) is 0 Å². The Balaban J connectivity index is 1.03. The molecular formula is C25H33FN4O4. The van der Waals surface area contributed by atoms with Crippen LogP contribution in [0.3, 0.4) is 0 Å². The molecule has 4 fully saturated rings. The van der Waals surface area contributed by atoms with E-state index in [0.717, 1.165) is 89.4 Å². The van der Waals surface area contributed by atoms with Gasteiger partial charge in [-0.3, -0.25) is 4.90 Å². The summed E-state index contributed by atoms with van der Waals surface area (Å²) < 4.78 is 37.4. The van der Waals surface area contributed by atoms with E-state index in [1.165, 1.54) is 12.5 Å². The molecule has 4 aliphatic rings. The van der Waals surface area contributed by atoms with E-state index in [2.05, 4.69) is 20.0 Å². The normalized spacial score (nSPS) is 26.1. The van der Waals surface area contributed by atoms with Crippen LogP contribution in [0.1, 0.15) is 43.6 Å². The lowest BCUT2D eigenvalue weighted by Gasteiger charge is -2.46. The Morgan fingerprint density at radius 3 is 2.71 bits per heavy atom. The quantitative estimate of drug-likeness (QED) is 0.635. The zero-order valence-electron chi connectivity index (χ0n) is 19.5. The van der Waals surface area contributed by atoms with Gasteiger partial charge < -0.3 is 23.5 Å². The molecule has 34 heavy (non-hydrogen) atoms. The molecule has 0 saturated carbocycles. The predicted octanol–water partition coefficient (Wildman–Crippen LogP) is 3.24. The van der Waals surface area contributed by atoms with Gasteiger partial charge in [0, 0.05) is 24.8 Å². The van der Waals surface area contributed by atoms with Gasteiger partial charge in [-0.25, -0.2) is 4.39 Å². The molecule has 0 amide bonds. The minimum absolute atomic E-state index is 0.0935. The minimum Gasteiger partial charge on any atom is -0.493 e. The molecule has 2 aromatic rings. The third-order valence-electron chi connectivity index (χ3n) is 8.04. The summed E-state index contributed by atoms with van der Waals surface area (Å²) in [7, 11) is 0. The molecule has 0 radical (unpaired) electrons. The van der Waals surface area contributed by atoms with Gasteiger partial charge in [0.15, 0.2) is 0 Å². The number of piperidine rings is 1. The highest BCUT2D eigenvalue weighted by Crippen LogP contribution is 2.41. The molecule has 1 spiro atoms. The molecule has 0 bridgehead atoms. The lowest BCUT2D eigenvalue weighted by molar-refractivity contribution is -0.0216. The molecule has 1 aromatic carbocycles. The smallest absolute Gasteiger partial charge is 0.318 e. The SMILES string of the molecule is Fc1ccc(OCC2CCOCC2)c(C2CCN([C@@H]3COC4(C3)CN(c3nnco3)C4)CC2)c1. The number of likely N-dealkylation sites (tertiary alicyclic amines) is 1. The van der Waals surface area contributed by atoms with Crippen molar-refractivity contribution in [1.82, 2.24) is 15.1 Å². The molecule has 184 valence electrons. The van der Waals surface area contributed by atoms with Crippen molar-refractivity contribution in [3.8, 4) is 5.75 Å². The molecule has 8 nitrogen and oxygen atoms in total. The van der Waals surface area contributed by atoms with E-state index in [9.17, 15) is 4.39 Å². The molecule has 5 heterocycles. The number of hydrogen-bond donors (Lipinski definition) is 0. The molecule has 6 rings (SSSR count). The Hall–Kier alpha value is -2.23. The number of halogens is 1. The zero-order valence-corrected chi connectivity index (χ0v) is 19.5. The monoisotopic (exact) mass is 472 g/mol. The third-order valence-corrected chi connectivity index (χ3v) is 8.04. The summed E-state index contributed by atoms with van der Waals surface area (Å²) in [6.07, 6.45) is 6.48. The summed E-state index contributed by atoms with van der Waals surface area (Å²) >= 11 is 0. The molecule has 0 aliphatic carbocycles. The van der Waals surface area contributed by atoms with Crippen molar-refractivity contribution in [2.75, 3.05) is 57.5 Å². The van der Waals surface area contributed by atoms with E-state index in [1.807, 2.05) is 6.07 Å². The first-order chi connectivity index (χ1) is 16.7. The number of rotatable bonds is 6. The fourth-order valence-electron chi connectivity index (χ4n) is 6.03. The van der Waals surface area contributed by atoms with Gasteiger partial charge in [-0.15, -0.1) is 5.10 Å².